The number of nitrogens with one attached hydrogen (secondary N) is 1. The molecular weight excluding hydrogens is 294 g/mol. The van der Waals surface area contributed by atoms with Gasteiger partial charge in [-0.3, -0.25) is 0 Å². The molecule has 0 spiro atoms. The molecular formula is C13H19N3O4S. The number of carbonyl (C=O) groups excluding carboxylic acids is 1. The van der Waals surface area contributed by atoms with Crippen LogP contribution < -0.4 is 10.5 Å². The number of carbonyl (C=O) groups is 1. The molecule has 0 atom stereocenters. The summed E-state index contributed by atoms with van der Waals surface area (Å²) in [5, 5.41) is 7.81. The lowest BCUT2D eigenvalue weighted by molar-refractivity contribution is 0.0531. The van der Waals surface area contributed by atoms with E-state index >= 15 is 0 Å². The van der Waals surface area contributed by atoms with Gasteiger partial charge in [0.2, 0.25) is 10.0 Å². The van der Waals surface area contributed by atoms with E-state index < -0.39 is 10.0 Å². The predicted molar refractivity (Wildman–Crippen MR) is 77.9 cm³/mol. The maximum atomic E-state index is 11.9. The van der Waals surface area contributed by atoms with Crippen LogP contribution >= 0.6 is 0 Å². The molecule has 0 bridgehead atoms. The normalized spacial score (nSPS) is 15.8. The first-order valence-electron chi connectivity index (χ1n) is 6.63. The van der Waals surface area contributed by atoms with Gasteiger partial charge in [0.1, 0.15) is 0 Å². The Kier molecular flexibility index (Phi) is 5.16. The second kappa shape index (κ2) is 6.88. The van der Waals surface area contributed by atoms with E-state index in [1.807, 2.05) is 0 Å². The lowest BCUT2D eigenvalue weighted by Crippen LogP contribution is -2.45. The van der Waals surface area contributed by atoms with E-state index in [2.05, 4.69) is 5.32 Å². The summed E-state index contributed by atoms with van der Waals surface area (Å²) in [7, 11) is -3.52. The molecule has 8 heteroatoms. The molecule has 1 saturated heterocycles. The molecule has 21 heavy (non-hydrogen) atoms. The van der Waals surface area contributed by atoms with Crippen molar-refractivity contribution in [1.29, 1.82) is 0 Å². The Morgan fingerprint density at radius 2 is 1.76 bits per heavy atom. The molecule has 7 nitrogen and oxygen atoms in total. The van der Waals surface area contributed by atoms with Crippen molar-refractivity contribution in [2.24, 2.45) is 5.14 Å². The topological polar surface area (TPSA) is 102 Å². The number of sulfonamides is 1. The van der Waals surface area contributed by atoms with Gasteiger partial charge < -0.3 is 15.0 Å². The Hall–Kier alpha value is -1.64. The Balaban J connectivity index is 1.84. The third kappa shape index (κ3) is 5.33. The summed E-state index contributed by atoms with van der Waals surface area (Å²) in [5.74, 6) is -0.187. The van der Waals surface area contributed by atoms with Gasteiger partial charge in [0.15, 0.2) is 0 Å². The van der Waals surface area contributed by atoms with Crippen LogP contribution in [-0.4, -0.2) is 45.7 Å². The molecule has 2 amide bonds. The van der Waals surface area contributed by atoms with E-state index in [0.717, 1.165) is 5.56 Å². The van der Waals surface area contributed by atoms with Gasteiger partial charge >= 0.3 is 6.03 Å². The lowest BCUT2D eigenvalue weighted by atomic mass is 10.1. The van der Waals surface area contributed by atoms with Crippen LogP contribution in [0, 0.1) is 0 Å². The third-order valence-electron chi connectivity index (χ3n) is 3.13. The van der Waals surface area contributed by atoms with Gasteiger partial charge in [-0.25, -0.2) is 18.4 Å². The van der Waals surface area contributed by atoms with Crippen LogP contribution in [-0.2, 0) is 27.1 Å². The van der Waals surface area contributed by atoms with Crippen LogP contribution in [0.4, 0.5) is 4.79 Å². The van der Waals surface area contributed by atoms with E-state index in [1.54, 1.807) is 29.2 Å². The van der Waals surface area contributed by atoms with Crippen LogP contribution in [0.25, 0.3) is 0 Å². The number of benzene rings is 1. The molecule has 0 radical (unpaired) electrons. The third-order valence-corrected chi connectivity index (χ3v) is 3.87. The van der Waals surface area contributed by atoms with Gasteiger partial charge in [0.05, 0.1) is 19.0 Å². The average Bonchev–Trinajstić information content (AvgIpc) is 2.45. The van der Waals surface area contributed by atoms with Crippen molar-refractivity contribution in [3.63, 3.8) is 0 Å². The van der Waals surface area contributed by atoms with Gasteiger partial charge in [-0.2, -0.15) is 0 Å². The summed E-state index contributed by atoms with van der Waals surface area (Å²) >= 11 is 0. The Morgan fingerprint density at radius 3 is 2.33 bits per heavy atom. The number of morpholine rings is 1. The zero-order valence-electron chi connectivity index (χ0n) is 11.6. The number of nitrogens with zero attached hydrogens (tertiary/aromatic N) is 1. The standard InChI is InChI=1S/C13H19N3O4S/c14-21(18,19)10-12-3-1-11(2-4-12)9-15-13(17)16-5-7-20-8-6-16/h1-4H,5-10H2,(H,15,17)(H2,14,18,19). The van der Waals surface area contributed by atoms with Gasteiger partial charge in [-0.1, -0.05) is 24.3 Å². The fourth-order valence-electron chi connectivity index (χ4n) is 2.04. The Labute approximate surface area is 124 Å². The van der Waals surface area contributed by atoms with Crippen LogP contribution in [0.15, 0.2) is 24.3 Å². The predicted octanol–water partition coefficient (Wildman–Crippen LogP) is 0.0169. The Morgan fingerprint density at radius 1 is 1.19 bits per heavy atom. The number of nitrogens with two attached hydrogens (primary N) is 1. The fourth-order valence-corrected chi connectivity index (χ4v) is 2.70. The second-order valence-corrected chi connectivity index (χ2v) is 6.50. The first kappa shape index (κ1) is 15.7. The molecule has 0 unspecified atom stereocenters. The first-order chi connectivity index (χ1) is 9.94. The summed E-state index contributed by atoms with van der Waals surface area (Å²) in [6.07, 6.45) is 0. The van der Waals surface area contributed by atoms with E-state index in [-0.39, 0.29) is 11.8 Å². The van der Waals surface area contributed by atoms with E-state index in [1.165, 1.54) is 0 Å². The van der Waals surface area contributed by atoms with E-state index in [4.69, 9.17) is 9.88 Å². The van der Waals surface area contributed by atoms with Crippen molar-refractivity contribution in [1.82, 2.24) is 10.2 Å². The van der Waals surface area contributed by atoms with E-state index in [9.17, 15) is 13.2 Å². The second-order valence-electron chi connectivity index (χ2n) is 4.88. The van der Waals surface area contributed by atoms with E-state index in [0.29, 0.717) is 38.4 Å². The number of ether oxygens (including phenoxy) is 1. The highest BCUT2D eigenvalue weighted by Gasteiger charge is 2.16. The highest BCUT2D eigenvalue weighted by molar-refractivity contribution is 7.88. The smallest absolute Gasteiger partial charge is 0.317 e. The molecule has 2 rings (SSSR count). The quantitative estimate of drug-likeness (QED) is 0.818. The molecule has 116 valence electrons. The van der Waals surface area contributed by atoms with Crippen LogP contribution in [0.3, 0.4) is 0 Å². The summed E-state index contributed by atoms with van der Waals surface area (Å²) in [5.41, 5.74) is 1.52. The monoisotopic (exact) mass is 313 g/mol. The molecule has 1 aromatic rings. The maximum absolute atomic E-state index is 11.9. The summed E-state index contributed by atoms with van der Waals surface area (Å²) < 4.78 is 27.1. The zero-order chi connectivity index (χ0) is 15.3. The van der Waals surface area contributed by atoms with Crippen molar-refractivity contribution >= 4 is 16.1 Å². The molecule has 0 aromatic heterocycles. The minimum absolute atomic E-state index is 0.119. The van der Waals surface area contributed by atoms with Crippen molar-refractivity contribution in [2.45, 2.75) is 12.3 Å². The molecule has 1 heterocycles. The minimum atomic E-state index is -3.52. The highest BCUT2D eigenvalue weighted by Crippen LogP contribution is 2.07. The first-order valence-corrected chi connectivity index (χ1v) is 8.34. The molecule has 1 aliphatic rings. The van der Waals surface area contributed by atoms with Gasteiger partial charge in [-0.05, 0) is 11.1 Å². The summed E-state index contributed by atoms with van der Waals surface area (Å²) in [6.45, 7) is 2.72. The number of rotatable bonds is 4. The molecule has 0 saturated carbocycles. The molecule has 0 aliphatic carbocycles. The molecule has 3 N–H and O–H groups in total. The number of primary sulfonamides is 1. The van der Waals surface area contributed by atoms with Crippen molar-refractivity contribution < 1.29 is 17.9 Å². The summed E-state index contributed by atoms with van der Waals surface area (Å²) in [4.78, 5) is 13.6. The molecule has 1 aliphatic heterocycles. The largest absolute Gasteiger partial charge is 0.378 e. The number of urea groups is 1. The van der Waals surface area contributed by atoms with Crippen LogP contribution in [0.1, 0.15) is 11.1 Å². The zero-order valence-corrected chi connectivity index (χ0v) is 12.4. The highest BCUT2D eigenvalue weighted by atomic mass is 32.2. The average molecular weight is 313 g/mol. The maximum Gasteiger partial charge on any atom is 0.317 e. The fraction of sp³-hybridized carbons (Fsp3) is 0.462. The number of hydrogen-bond donors (Lipinski definition) is 2. The minimum Gasteiger partial charge on any atom is -0.378 e. The van der Waals surface area contributed by atoms with Crippen molar-refractivity contribution in [3.8, 4) is 0 Å². The SMILES string of the molecule is NS(=O)(=O)Cc1ccc(CNC(=O)N2CCOCC2)cc1. The molecule has 1 fully saturated rings. The number of amides is 2. The van der Waals surface area contributed by atoms with Gasteiger partial charge in [0.25, 0.3) is 0 Å². The Bertz CT molecular complexity index is 580. The van der Waals surface area contributed by atoms with Gasteiger partial charge in [-0.15, -0.1) is 0 Å². The molecule has 1 aromatic carbocycles. The van der Waals surface area contributed by atoms with Crippen molar-refractivity contribution in [3.05, 3.63) is 35.4 Å². The lowest BCUT2D eigenvalue weighted by Gasteiger charge is -2.26. The van der Waals surface area contributed by atoms with Crippen LogP contribution in [0.5, 0.6) is 0 Å². The number of hydrogen-bond acceptors (Lipinski definition) is 4. The summed E-state index contributed by atoms with van der Waals surface area (Å²) in [6, 6.07) is 6.83. The van der Waals surface area contributed by atoms with Crippen molar-refractivity contribution in [2.75, 3.05) is 26.3 Å². The van der Waals surface area contributed by atoms with Gasteiger partial charge in [0, 0.05) is 19.6 Å². The van der Waals surface area contributed by atoms with Crippen LogP contribution in [0.2, 0.25) is 0 Å².